The van der Waals surface area contributed by atoms with Gasteiger partial charge in [0.05, 0.1) is 25.4 Å². The van der Waals surface area contributed by atoms with Gasteiger partial charge in [0, 0.05) is 12.8 Å². The van der Waals surface area contributed by atoms with Gasteiger partial charge in [-0.15, -0.1) is 0 Å². The number of hydrogen-bond acceptors (Lipinski definition) is 7. The van der Waals surface area contributed by atoms with Gasteiger partial charge in [0.15, 0.2) is 5.79 Å². The second-order valence-corrected chi connectivity index (χ2v) is 7.28. The standard InChI is InChI=1S/C13H18F4O8S/c1-8(10(18)25-9-5-11(2,19)24-7-9)6-23-4-3-12(14,15)13(16,17)26(20,21)22/h9,19H,1,3-7H2,2H3,(H,20,21,22). The minimum absolute atomic E-state index is 0.00379. The van der Waals surface area contributed by atoms with E-state index in [0.717, 1.165) is 0 Å². The van der Waals surface area contributed by atoms with Crippen LogP contribution in [0, 0.1) is 0 Å². The highest BCUT2D eigenvalue weighted by molar-refractivity contribution is 7.87. The summed E-state index contributed by atoms with van der Waals surface area (Å²) in [7, 11) is -6.31. The third-order valence-corrected chi connectivity index (χ3v) is 4.28. The molecule has 2 unspecified atom stereocenters. The summed E-state index contributed by atoms with van der Waals surface area (Å²) in [5.74, 6) is -7.51. The lowest BCUT2D eigenvalue weighted by molar-refractivity contribution is -0.170. The van der Waals surface area contributed by atoms with Crippen LogP contribution in [0.4, 0.5) is 17.6 Å². The van der Waals surface area contributed by atoms with Crippen molar-refractivity contribution >= 4 is 16.1 Å². The van der Waals surface area contributed by atoms with Gasteiger partial charge in [-0.05, 0) is 6.92 Å². The first-order chi connectivity index (χ1) is 11.6. The average molecular weight is 410 g/mol. The highest BCUT2D eigenvalue weighted by Crippen LogP contribution is 2.40. The maximum absolute atomic E-state index is 13.2. The van der Waals surface area contributed by atoms with Gasteiger partial charge in [-0.1, -0.05) is 6.58 Å². The third-order valence-electron chi connectivity index (χ3n) is 3.34. The molecule has 1 fully saturated rings. The van der Waals surface area contributed by atoms with Crippen LogP contribution < -0.4 is 0 Å². The Bertz CT molecular complexity index is 647. The van der Waals surface area contributed by atoms with Crippen LogP contribution in [0.3, 0.4) is 0 Å². The van der Waals surface area contributed by atoms with Crippen molar-refractivity contribution in [2.45, 2.75) is 42.8 Å². The monoisotopic (exact) mass is 410 g/mol. The average Bonchev–Trinajstić information content (AvgIpc) is 2.80. The van der Waals surface area contributed by atoms with Gasteiger partial charge in [-0.2, -0.15) is 26.0 Å². The number of aliphatic hydroxyl groups is 1. The van der Waals surface area contributed by atoms with Crippen LogP contribution in [0.25, 0.3) is 0 Å². The minimum atomic E-state index is -6.31. The Morgan fingerprint density at radius 2 is 1.96 bits per heavy atom. The molecule has 2 N–H and O–H groups in total. The number of rotatable bonds is 9. The van der Waals surface area contributed by atoms with E-state index in [1.54, 1.807) is 0 Å². The van der Waals surface area contributed by atoms with E-state index >= 15 is 0 Å². The molecule has 0 bridgehead atoms. The van der Waals surface area contributed by atoms with E-state index in [9.17, 15) is 35.9 Å². The molecule has 152 valence electrons. The lowest BCUT2D eigenvalue weighted by atomic mass is 10.2. The number of alkyl halides is 4. The molecular weight excluding hydrogens is 392 g/mol. The summed E-state index contributed by atoms with van der Waals surface area (Å²) < 4.78 is 95.5. The molecule has 26 heavy (non-hydrogen) atoms. The first kappa shape index (κ1) is 22.8. The van der Waals surface area contributed by atoms with Crippen LogP contribution in [0.15, 0.2) is 12.2 Å². The highest BCUT2D eigenvalue weighted by atomic mass is 32.2. The molecule has 0 amide bonds. The first-order valence-electron chi connectivity index (χ1n) is 7.14. The molecular formula is C13H18F4O8S. The van der Waals surface area contributed by atoms with Gasteiger partial charge in [0.1, 0.15) is 6.10 Å². The second-order valence-electron chi connectivity index (χ2n) is 5.82. The number of hydrogen-bond donors (Lipinski definition) is 2. The molecule has 0 aromatic carbocycles. The third kappa shape index (κ3) is 5.61. The van der Waals surface area contributed by atoms with E-state index in [-0.39, 0.29) is 18.6 Å². The molecule has 0 aromatic heterocycles. The van der Waals surface area contributed by atoms with E-state index in [4.69, 9.17) is 14.0 Å². The summed E-state index contributed by atoms with van der Waals surface area (Å²) in [6.07, 6.45) is -2.49. The van der Waals surface area contributed by atoms with Crippen molar-refractivity contribution in [1.82, 2.24) is 0 Å². The van der Waals surface area contributed by atoms with E-state index in [1.165, 1.54) is 6.92 Å². The van der Waals surface area contributed by atoms with Crippen molar-refractivity contribution in [3.05, 3.63) is 12.2 Å². The highest BCUT2D eigenvalue weighted by Gasteiger charge is 2.65. The Morgan fingerprint density at radius 3 is 2.42 bits per heavy atom. The predicted octanol–water partition coefficient (Wildman–Crippen LogP) is 1.11. The van der Waals surface area contributed by atoms with Crippen LogP contribution in [0.2, 0.25) is 0 Å². The Kier molecular flexibility index (Phi) is 6.79. The van der Waals surface area contributed by atoms with Crippen molar-refractivity contribution in [2.75, 3.05) is 19.8 Å². The van der Waals surface area contributed by atoms with Crippen LogP contribution >= 0.6 is 0 Å². The number of halogens is 4. The summed E-state index contributed by atoms with van der Waals surface area (Å²) in [6.45, 7) is 2.88. The van der Waals surface area contributed by atoms with Gasteiger partial charge in [0.25, 0.3) is 0 Å². The topological polar surface area (TPSA) is 119 Å². The van der Waals surface area contributed by atoms with Crippen LogP contribution in [0.1, 0.15) is 19.8 Å². The zero-order chi connectivity index (χ0) is 20.4. The number of esters is 1. The molecule has 1 aliphatic heterocycles. The number of ether oxygens (including phenoxy) is 3. The van der Waals surface area contributed by atoms with Gasteiger partial charge < -0.3 is 19.3 Å². The molecule has 2 atom stereocenters. The summed E-state index contributed by atoms with van der Waals surface area (Å²) in [6, 6.07) is 0. The van der Waals surface area contributed by atoms with Crippen LogP contribution in [-0.2, 0) is 29.1 Å². The van der Waals surface area contributed by atoms with Gasteiger partial charge in [-0.3, -0.25) is 4.55 Å². The molecule has 0 spiro atoms. The fraction of sp³-hybridized carbons (Fsp3) is 0.769. The molecule has 0 aliphatic carbocycles. The number of carbonyl (C=O) groups excluding carboxylic acids is 1. The lowest BCUT2D eigenvalue weighted by Gasteiger charge is -2.23. The molecule has 13 heteroatoms. The minimum Gasteiger partial charge on any atom is -0.456 e. The zero-order valence-electron chi connectivity index (χ0n) is 13.6. The first-order valence-corrected chi connectivity index (χ1v) is 8.58. The molecule has 0 saturated carbocycles. The van der Waals surface area contributed by atoms with E-state index in [1.807, 2.05) is 0 Å². The zero-order valence-corrected chi connectivity index (χ0v) is 14.4. The largest absolute Gasteiger partial charge is 0.456 e. The quantitative estimate of drug-likeness (QED) is 0.191. The predicted molar refractivity (Wildman–Crippen MR) is 77.1 cm³/mol. The molecule has 0 aromatic rings. The fourth-order valence-corrected chi connectivity index (χ4v) is 2.39. The summed E-state index contributed by atoms with van der Waals surface area (Å²) >= 11 is 0. The second kappa shape index (κ2) is 7.76. The van der Waals surface area contributed by atoms with Crippen molar-refractivity contribution in [2.24, 2.45) is 0 Å². The fourth-order valence-electron chi connectivity index (χ4n) is 1.91. The van der Waals surface area contributed by atoms with Gasteiger partial charge in [0.2, 0.25) is 0 Å². The maximum atomic E-state index is 13.2. The summed E-state index contributed by atoms with van der Waals surface area (Å²) in [5.41, 5.74) is -0.318. The lowest BCUT2D eigenvalue weighted by Crippen LogP contribution is -2.47. The van der Waals surface area contributed by atoms with Crippen LogP contribution in [0.5, 0.6) is 0 Å². The van der Waals surface area contributed by atoms with Gasteiger partial charge >= 0.3 is 27.3 Å². The van der Waals surface area contributed by atoms with E-state index in [2.05, 4.69) is 11.3 Å². The van der Waals surface area contributed by atoms with Crippen molar-refractivity contribution in [1.29, 1.82) is 0 Å². The molecule has 1 rings (SSSR count). The maximum Gasteiger partial charge on any atom is 0.431 e. The molecule has 1 saturated heterocycles. The molecule has 0 radical (unpaired) electrons. The molecule has 8 nitrogen and oxygen atoms in total. The van der Waals surface area contributed by atoms with E-state index < -0.39 is 58.8 Å². The Labute approximate surface area is 146 Å². The normalized spacial score (nSPS) is 24.5. The Morgan fingerprint density at radius 1 is 1.38 bits per heavy atom. The SMILES string of the molecule is C=C(COCCC(F)(F)C(F)(F)S(=O)(=O)O)C(=O)OC1COC(C)(O)C1. The smallest absolute Gasteiger partial charge is 0.431 e. The van der Waals surface area contributed by atoms with E-state index in [0.29, 0.717) is 0 Å². The van der Waals surface area contributed by atoms with Crippen molar-refractivity contribution in [3.63, 3.8) is 0 Å². The summed E-state index contributed by atoms with van der Waals surface area (Å²) in [4.78, 5) is 11.7. The van der Waals surface area contributed by atoms with Gasteiger partial charge in [-0.25, -0.2) is 4.79 Å². The number of carbonyl (C=O) groups is 1. The Balaban J connectivity index is 2.41. The van der Waals surface area contributed by atoms with Crippen molar-refractivity contribution < 1.29 is 54.6 Å². The van der Waals surface area contributed by atoms with Crippen molar-refractivity contribution in [3.8, 4) is 0 Å². The molecule has 1 aliphatic rings. The molecule has 1 heterocycles. The van der Waals surface area contributed by atoms with Crippen LogP contribution in [-0.4, -0.2) is 66.9 Å². The summed E-state index contributed by atoms with van der Waals surface area (Å²) in [5, 5.41) is 3.85. The Hall–Kier alpha value is -1.28.